The molecule has 0 aromatic heterocycles. The zero-order valence-corrected chi connectivity index (χ0v) is 14.1. The molecule has 3 heteroatoms. The molecule has 3 nitrogen and oxygen atoms in total. The molecule has 2 aromatic carbocycles. The van der Waals surface area contributed by atoms with Crippen molar-refractivity contribution < 1.29 is 9.53 Å². The van der Waals surface area contributed by atoms with Crippen molar-refractivity contribution in [1.82, 2.24) is 0 Å². The molecule has 0 aliphatic rings. The van der Waals surface area contributed by atoms with Crippen LogP contribution in [-0.4, -0.2) is 12.5 Å². The predicted octanol–water partition coefficient (Wildman–Crippen LogP) is 4.85. The lowest BCUT2D eigenvalue weighted by Gasteiger charge is -2.23. The van der Waals surface area contributed by atoms with Crippen LogP contribution >= 0.6 is 0 Å². The van der Waals surface area contributed by atoms with Crippen molar-refractivity contribution in [1.29, 1.82) is 0 Å². The molecule has 122 valence electrons. The maximum Gasteiger partial charge on any atom is 0.232 e. The van der Waals surface area contributed by atoms with Gasteiger partial charge < -0.3 is 10.1 Å². The summed E-state index contributed by atoms with van der Waals surface area (Å²) in [5.41, 5.74) is 1.77. The number of rotatable bonds is 7. The highest BCUT2D eigenvalue weighted by atomic mass is 16.5. The Morgan fingerprint density at radius 3 is 2.35 bits per heavy atom. The Bertz CT molecular complexity index is 625. The monoisotopic (exact) mass is 311 g/mol. The van der Waals surface area contributed by atoms with E-state index in [0.29, 0.717) is 12.4 Å². The highest BCUT2D eigenvalue weighted by molar-refractivity contribution is 5.97. The first kappa shape index (κ1) is 17.1. The number of para-hydroxylation sites is 2. The quantitative estimate of drug-likeness (QED) is 0.793. The van der Waals surface area contributed by atoms with Crippen molar-refractivity contribution in [3.8, 4) is 5.75 Å². The summed E-state index contributed by atoms with van der Waals surface area (Å²) in [7, 11) is 0. The molecule has 2 rings (SSSR count). The van der Waals surface area contributed by atoms with E-state index in [0.717, 1.165) is 17.7 Å². The predicted molar refractivity (Wildman–Crippen MR) is 94.9 cm³/mol. The van der Waals surface area contributed by atoms with Gasteiger partial charge in [0.05, 0.1) is 18.2 Å². The van der Waals surface area contributed by atoms with E-state index < -0.39 is 0 Å². The fourth-order valence-electron chi connectivity index (χ4n) is 2.70. The smallest absolute Gasteiger partial charge is 0.232 e. The molecule has 0 aliphatic carbocycles. The number of hydrogen-bond donors (Lipinski definition) is 1. The maximum atomic E-state index is 12.9. The van der Waals surface area contributed by atoms with Gasteiger partial charge in [0.25, 0.3) is 0 Å². The van der Waals surface area contributed by atoms with Crippen LogP contribution in [0.2, 0.25) is 0 Å². The second-order valence-corrected chi connectivity index (χ2v) is 5.69. The van der Waals surface area contributed by atoms with Gasteiger partial charge in [-0.2, -0.15) is 0 Å². The van der Waals surface area contributed by atoms with Gasteiger partial charge >= 0.3 is 0 Å². The van der Waals surface area contributed by atoms with Crippen LogP contribution < -0.4 is 10.1 Å². The number of hydrogen-bond acceptors (Lipinski definition) is 2. The SMILES string of the molecule is CCOc1ccccc1NC(=O)[C@@H](c1ccccc1)[C@@H](C)CC. The van der Waals surface area contributed by atoms with E-state index in [1.807, 2.05) is 61.5 Å². The molecule has 0 unspecified atom stereocenters. The first-order chi connectivity index (χ1) is 11.2. The minimum Gasteiger partial charge on any atom is -0.492 e. The van der Waals surface area contributed by atoms with Crippen molar-refractivity contribution in [3.63, 3.8) is 0 Å². The lowest BCUT2D eigenvalue weighted by Crippen LogP contribution is -2.26. The van der Waals surface area contributed by atoms with Crippen molar-refractivity contribution in [2.45, 2.75) is 33.1 Å². The van der Waals surface area contributed by atoms with Gasteiger partial charge in [0.1, 0.15) is 5.75 Å². The standard InChI is InChI=1S/C20H25NO2/c1-4-15(3)19(16-11-7-6-8-12-16)20(22)21-17-13-9-10-14-18(17)23-5-2/h6-15,19H,4-5H2,1-3H3,(H,21,22)/t15-,19+/m0/s1. The molecule has 1 amide bonds. The van der Waals surface area contributed by atoms with E-state index in [9.17, 15) is 4.79 Å². The van der Waals surface area contributed by atoms with Gasteiger partial charge in [-0.25, -0.2) is 0 Å². The van der Waals surface area contributed by atoms with Crippen LogP contribution in [-0.2, 0) is 4.79 Å². The van der Waals surface area contributed by atoms with E-state index in [2.05, 4.69) is 19.2 Å². The summed E-state index contributed by atoms with van der Waals surface area (Å²) in [6.45, 7) is 6.73. The van der Waals surface area contributed by atoms with Gasteiger partial charge in [0, 0.05) is 0 Å². The molecule has 1 N–H and O–H groups in total. The molecule has 2 aromatic rings. The number of benzene rings is 2. The van der Waals surface area contributed by atoms with Crippen LogP contribution in [0.15, 0.2) is 54.6 Å². The minimum absolute atomic E-state index is 0.0118. The van der Waals surface area contributed by atoms with Gasteiger partial charge in [0.2, 0.25) is 5.91 Å². The number of amides is 1. The van der Waals surface area contributed by atoms with Crippen LogP contribution in [0.4, 0.5) is 5.69 Å². The van der Waals surface area contributed by atoms with Gasteiger partial charge in [0.15, 0.2) is 0 Å². The molecule has 0 fully saturated rings. The van der Waals surface area contributed by atoms with Gasteiger partial charge in [-0.1, -0.05) is 62.7 Å². The van der Waals surface area contributed by atoms with Crippen LogP contribution in [0.25, 0.3) is 0 Å². The van der Waals surface area contributed by atoms with Gasteiger partial charge in [-0.05, 0) is 30.5 Å². The number of ether oxygens (including phenoxy) is 1. The topological polar surface area (TPSA) is 38.3 Å². The number of anilines is 1. The highest BCUT2D eigenvalue weighted by Gasteiger charge is 2.26. The average molecular weight is 311 g/mol. The number of carbonyl (C=O) groups is 1. The van der Waals surface area contributed by atoms with E-state index in [1.165, 1.54) is 0 Å². The molecule has 0 bridgehead atoms. The summed E-state index contributed by atoms with van der Waals surface area (Å²) in [5, 5.41) is 3.05. The fourth-order valence-corrected chi connectivity index (χ4v) is 2.70. The van der Waals surface area contributed by atoms with E-state index in [-0.39, 0.29) is 17.7 Å². The second-order valence-electron chi connectivity index (χ2n) is 5.69. The van der Waals surface area contributed by atoms with E-state index >= 15 is 0 Å². The molecule has 0 aliphatic heterocycles. The molecule has 23 heavy (non-hydrogen) atoms. The van der Waals surface area contributed by atoms with Crippen molar-refractivity contribution in [3.05, 3.63) is 60.2 Å². The Morgan fingerprint density at radius 2 is 1.70 bits per heavy atom. The Balaban J connectivity index is 2.25. The Hall–Kier alpha value is -2.29. The lowest BCUT2D eigenvalue weighted by molar-refractivity contribution is -0.118. The van der Waals surface area contributed by atoms with Crippen LogP contribution in [0.1, 0.15) is 38.7 Å². The Labute approximate surface area is 138 Å². The molecular weight excluding hydrogens is 286 g/mol. The molecule has 0 spiro atoms. The summed E-state index contributed by atoms with van der Waals surface area (Å²) >= 11 is 0. The molecule has 0 radical (unpaired) electrons. The highest BCUT2D eigenvalue weighted by Crippen LogP contribution is 2.30. The van der Waals surface area contributed by atoms with Crippen LogP contribution in [0.5, 0.6) is 5.75 Å². The Kier molecular flexibility index (Phi) is 6.21. The zero-order chi connectivity index (χ0) is 16.7. The largest absolute Gasteiger partial charge is 0.492 e. The molecule has 0 heterocycles. The fraction of sp³-hybridized carbons (Fsp3) is 0.350. The van der Waals surface area contributed by atoms with Gasteiger partial charge in [-0.3, -0.25) is 4.79 Å². The Morgan fingerprint density at radius 1 is 1.04 bits per heavy atom. The van der Waals surface area contributed by atoms with Crippen molar-refractivity contribution in [2.75, 3.05) is 11.9 Å². The van der Waals surface area contributed by atoms with Crippen LogP contribution in [0, 0.1) is 5.92 Å². The lowest BCUT2D eigenvalue weighted by atomic mass is 9.85. The molecular formula is C20H25NO2. The maximum absolute atomic E-state index is 12.9. The molecule has 0 saturated carbocycles. The van der Waals surface area contributed by atoms with E-state index in [4.69, 9.17) is 4.74 Å². The third-order valence-corrected chi connectivity index (χ3v) is 4.10. The minimum atomic E-state index is -0.170. The van der Waals surface area contributed by atoms with Crippen LogP contribution in [0.3, 0.4) is 0 Å². The normalized spacial score (nSPS) is 13.2. The third kappa shape index (κ3) is 4.35. The van der Waals surface area contributed by atoms with Gasteiger partial charge in [-0.15, -0.1) is 0 Å². The molecule has 2 atom stereocenters. The number of nitrogens with one attached hydrogen (secondary N) is 1. The summed E-state index contributed by atoms with van der Waals surface area (Å²) < 4.78 is 5.60. The first-order valence-electron chi connectivity index (χ1n) is 8.25. The summed E-state index contributed by atoms with van der Waals surface area (Å²) in [6, 6.07) is 17.5. The second kappa shape index (κ2) is 8.37. The zero-order valence-electron chi connectivity index (χ0n) is 14.1. The summed E-state index contributed by atoms with van der Waals surface area (Å²) in [5.74, 6) is 0.810. The summed E-state index contributed by atoms with van der Waals surface area (Å²) in [4.78, 5) is 12.9. The van der Waals surface area contributed by atoms with E-state index in [1.54, 1.807) is 0 Å². The first-order valence-corrected chi connectivity index (χ1v) is 8.25. The van der Waals surface area contributed by atoms with Crippen molar-refractivity contribution >= 4 is 11.6 Å². The third-order valence-electron chi connectivity index (χ3n) is 4.10. The number of carbonyl (C=O) groups excluding carboxylic acids is 1. The van der Waals surface area contributed by atoms with Crippen molar-refractivity contribution in [2.24, 2.45) is 5.92 Å². The summed E-state index contributed by atoms with van der Waals surface area (Å²) in [6.07, 6.45) is 0.945. The molecule has 0 saturated heterocycles. The average Bonchev–Trinajstić information content (AvgIpc) is 2.58.